The lowest BCUT2D eigenvalue weighted by molar-refractivity contribution is -0.113. The summed E-state index contributed by atoms with van der Waals surface area (Å²) < 4.78 is 2.18. The van der Waals surface area contributed by atoms with Crippen LogP contribution in [0.15, 0.2) is 0 Å². The summed E-state index contributed by atoms with van der Waals surface area (Å²) in [4.78, 5) is 10.7. The van der Waals surface area contributed by atoms with Crippen LogP contribution in [-0.2, 0) is 4.79 Å². The fourth-order valence-corrected chi connectivity index (χ4v) is 2.47. The summed E-state index contributed by atoms with van der Waals surface area (Å²) in [6, 6.07) is 0. The highest BCUT2D eigenvalue weighted by Gasteiger charge is 2.56. The molecule has 1 aliphatic heterocycles. The van der Waals surface area contributed by atoms with Crippen molar-refractivity contribution in [2.45, 2.75) is 0 Å². The van der Waals surface area contributed by atoms with Gasteiger partial charge in [0, 0.05) is 19.0 Å². The Labute approximate surface area is 64.0 Å². The van der Waals surface area contributed by atoms with E-state index in [0.717, 1.165) is 13.1 Å². The fourth-order valence-electron chi connectivity index (χ4n) is 1.98. The maximum absolute atomic E-state index is 10.7. The van der Waals surface area contributed by atoms with E-state index in [-0.39, 0.29) is 11.6 Å². The first kappa shape index (κ1) is 6.81. The zero-order valence-electron chi connectivity index (χ0n) is 5.66. The number of nitrogens with zero attached hydrogens (tertiary/aromatic N) is 1. The van der Waals surface area contributed by atoms with Gasteiger partial charge in [-0.15, -0.1) is 0 Å². The SMILES string of the molecule is [B]C(=O)C1C2CN(P)CC21. The molecule has 0 aromatic rings. The highest BCUT2D eigenvalue weighted by Crippen LogP contribution is 2.52. The first-order valence-corrected chi connectivity index (χ1v) is 4.01. The van der Waals surface area contributed by atoms with Crippen LogP contribution in [0.2, 0.25) is 0 Å². The number of hydrogen-bond donors (Lipinski definition) is 0. The molecule has 2 fully saturated rings. The Kier molecular flexibility index (Phi) is 1.40. The summed E-state index contributed by atoms with van der Waals surface area (Å²) in [6.45, 7) is 2.06. The monoisotopic (exact) mass is 153 g/mol. The predicted molar refractivity (Wildman–Crippen MR) is 42.5 cm³/mol. The van der Waals surface area contributed by atoms with Crippen LogP contribution >= 0.6 is 9.39 Å². The maximum Gasteiger partial charge on any atom is 0.168 e. The second-order valence-corrected chi connectivity index (χ2v) is 3.94. The molecule has 10 heavy (non-hydrogen) atoms. The van der Waals surface area contributed by atoms with Gasteiger partial charge in [0.05, 0.1) is 5.68 Å². The smallest absolute Gasteiger partial charge is 0.168 e. The van der Waals surface area contributed by atoms with Crippen molar-refractivity contribution in [3.8, 4) is 0 Å². The molecule has 1 heterocycles. The summed E-state index contributed by atoms with van der Waals surface area (Å²) in [5, 5.41) is 0. The zero-order chi connectivity index (χ0) is 7.30. The minimum Gasteiger partial charge on any atom is -0.312 e. The van der Waals surface area contributed by atoms with Gasteiger partial charge in [-0.1, -0.05) is 9.39 Å². The third-order valence-corrected chi connectivity index (χ3v) is 2.97. The van der Waals surface area contributed by atoms with Gasteiger partial charge in [0.15, 0.2) is 7.85 Å². The number of carbonyl (C=O) groups excluding carboxylic acids is 1. The fraction of sp³-hybridized carbons (Fsp3) is 0.833. The van der Waals surface area contributed by atoms with E-state index in [9.17, 15) is 4.79 Å². The molecule has 0 aromatic carbocycles. The molecule has 0 N–H and O–H groups in total. The van der Waals surface area contributed by atoms with E-state index in [1.165, 1.54) is 0 Å². The van der Waals surface area contributed by atoms with E-state index in [1.54, 1.807) is 0 Å². The van der Waals surface area contributed by atoms with E-state index >= 15 is 0 Å². The molecule has 2 aliphatic rings. The van der Waals surface area contributed by atoms with Crippen molar-refractivity contribution in [2.24, 2.45) is 17.8 Å². The van der Waals surface area contributed by atoms with Crippen molar-refractivity contribution in [3.63, 3.8) is 0 Å². The Morgan fingerprint density at radius 1 is 1.50 bits per heavy atom. The van der Waals surface area contributed by atoms with Gasteiger partial charge in [-0.25, -0.2) is 0 Å². The molecule has 1 saturated carbocycles. The molecular weight excluding hydrogens is 144 g/mol. The van der Waals surface area contributed by atoms with Crippen LogP contribution in [0.4, 0.5) is 0 Å². The van der Waals surface area contributed by atoms with E-state index in [1.807, 2.05) is 0 Å². The molecule has 2 radical (unpaired) electrons. The molecule has 4 heteroatoms. The number of piperidine rings is 1. The van der Waals surface area contributed by atoms with Gasteiger partial charge in [0.2, 0.25) is 0 Å². The normalized spacial score (nSPS) is 45.1. The van der Waals surface area contributed by atoms with Crippen molar-refractivity contribution < 1.29 is 4.79 Å². The average Bonchev–Trinajstić information content (AvgIpc) is 2.32. The van der Waals surface area contributed by atoms with Crippen molar-refractivity contribution in [3.05, 3.63) is 0 Å². The van der Waals surface area contributed by atoms with E-state index < -0.39 is 0 Å². The number of hydrogen-bond acceptors (Lipinski definition) is 2. The molecule has 0 aromatic heterocycles. The predicted octanol–water partition coefficient (Wildman–Crippen LogP) is -0.351. The summed E-state index contributed by atoms with van der Waals surface area (Å²) >= 11 is 0. The maximum atomic E-state index is 10.7. The summed E-state index contributed by atoms with van der Waals surface area (Å²) in [7, 11) is 7.83. The summed E-state index contributed by atoms with van der Waals surface area (Å²) in [6.07, 6.45) is 0. The van der Waals surface area contributed by atoms with Crippen molar-refractivity contribution in [1.82, 2.24) is 4.67 Å². The molecule has 2 rings (SSSR count). The largest absolute Gasteiger partial charge is 0.312 e. The Bertz CT molecular complexity index is 175. The lowest BCUT2D eigenvalue weighted by Crippen LogP contribution is -2.16. The Morgan fingerprint density at radius 2 is 2.00 bits per heavy atom. The van der Waals surface area contributed by atoms with Crippen LogP contribution in [0.3, 0.4) is 0 Å². The lowest BCUT2D eigenvalue weighted by atomic mass is 9.95. The zero-order valence-corrected chi connectivity index (χ0v) is 6.81. The highest BCUT2D eigenvalue weighted by atomic mass is 31.0. The number of rotatable bonds is 1. The molecule has 3 atom stereocenters. The van der Waals surface area contributed by atoms with Gasteiger partial charge >= 0.3 is 0 Å². The standard InChI is InChI=1S/C6H9BNOP/c7-6(9)5-3-1-8(10)2-4(3)5/h3-5H,1-2,10H2. The Morgan fingerprint density at radius 3 is 2.40 bits per heavy atom. The Balaban J connectivity index is 1.98. The lowest BCUT2D eigenvalue weighted by Gasteiger charge is -2.10. The van der Waals surface area contributed by atoms with Gasteiger partial charge in [-0.3, -0.25) is 4.67 Å². The number of carbonyl (C=O) groups is 1. The molecule has 2 nitrogen and oxygen atoms in total. The third kappa shape index (κ3) is 0.843. The van der Waals surface area contributed by atoms with E-state index in [0.29, 0.717) is 11.8 Å². The van der Waals surface area contributed by atoms with Gasteiger partial charge in [0.25, 0.3) is 0 Å². The molecule has 0 bridgehead atoms. The van der Waals surface area contributed by atoms with E-state index in [4.69, 9.17) is 7.85 Å². The van der Waals surface area contributed by atoms with Gasteiger partial charge in [-0.2, -0.15) is 0 Å². The Hall–Kier alpha value is 0.125. The molecule has 1 saturated heterocycles. The molecular formula is C6H9BNOP. The third-order valence-electron chi connectivity index (χ3n) is 2.55. The average molecular weight is 153 g/mol. The summed E-state index contributed by atoms with van der Waals surface area (Å²) in [5.74, 6) is 1.36. The molecule has 0 spiro atoms. The number of fused-ring (bicyclic) bond motifs is 1. The van der Waals surface area contributed by atoms with Gasteiger partial charge in [0.1, 0.15) is 0 Å². The van der Waals surface area contributed by atoms with Crippen molar-refractivity contribution in [2.75, 3.05) is 13.1 Å². The molecule has 0 amide bonds. The van der Waals surface area contributed by atoms with Crippen LogP contribution < -0.4 is 0 Å². The van der Waals surface area contributed by atoms with Crippen LogP contribution in [0.5, 0.6) is 0 Å². The van der Waals surface area contributed by atoms with Crippen LogP contribution in [-0.4, -0.2) is 31.3 Å². The van der Waals surface area contributed by atoms with Gasteiger partial charge in [-0.05, 0) is 11.8 Å². The van der Waals surface area contributed by atoms with Crippen molar-refractivity contribution in [1.29, 1.82) is 0 Å². The quantitative estimate of drug-likeness (QED) is 0.379. The molecule has 1 aliphatic carbocycles. The van der Waals surface area contributed by atoms with Crippen LogP contribution in [0.25, 0.3) is 0 Å². The summed E-state index contributed by atoms with van der Waals surface area (Å²) in [5.41, 5.74) is -0.104. The minimum absolute atomic E-state index is 0.104. The second kappa shape index (κ2) is 2.05. The first-order chi connectivity index (χ1) is 4.70. The van der Waals surface area contributed by atoms with Crippen molar-refractivity contribution >= 4 is 22.9 Å². The molecule has 3 unspecified atom stereocenters. The van der Waals surface area contributed by atoms with Gasteiger partial charge < -0.3 is 4.79 Å². The van der Waals surface area contributed by atoms with Crippen LogP contribution in [0.1, 0.15) is 0 Å². The minimum atomic E-state index is -0.104. The highest BCUT2D eigenvalue weighted by molar-refractivity contribution is 7.13. The topological polar surface area (TPSA) is 20.3 Å². The van der Waals surface area contributed by atoms with E-state index in [2.05, 4.69) is 14.1 Å². The van der Waals surface area contributed by atoms with Crippen LogP contribution in [0, 0.1) is 17.8 Å². The molecule has 52 valence electrons. The second-order valence-electron chi connectivity index (χ2n) is 3.21. The first-order valence-electron chi connectivity index (χ1n) is 3.49.